The second-order valence-corrected chi connectivity index (χ2v) is 6.07. The van der Waals surface area contributed by atoms with E-state index in [1.54, 1.807) is 17.0 Å². The molecule has 1 aromatic heterocycles. The molecule has 2 aromatic rings. The fourth-order valence-electron chi connectivity index (χ4n) is 2.78. The van der Waals surface area contributed by atoms with Gasteiger partial charge in [0.15, 0.2) is 0 Å². The van der Waals surface area contributed by atoms with Gasteiger partial charge in [-0.25, -0.2) is 4.98 Å². The smallest absolute Gasteiger partial charge is 0.258 e. The lowest BCUT2D eigenvalue weighted by Crippen LogP contribution is -2.40. The molecule has 22 heavy (non-hydrogen) atoms. The Morgan fingerprint density at radius 2 is 2.09 bits per heavy atom. The molecule has 1 heterocycles. The first-order valence-electron chi connectivity index (χ1n) is 7.37. The molecule has 0 bridgehead atoms. The van der Waals surface area contributed by atoms with Crippen molar-refractivity contribution in [2.45, 2.75) is 37.8 Å². The molecular weight excluding hydrogens is 302 g/mol. The van der Waals surface area contributed by atoms with E-state index in [1.165, 1.54) is 0 Å². The van der Waals surface area contributed by atoms with E-state index in [0.717, 1.165) is 18.4 Å². The minimum Gasteiger partial charge on any atom is -0.380 e. The molecule has 1 fully saturated rings. The van der Waals surface area contributed by atoms with Gasteiger partial charge in [-0.15, -0.1) is 0 Å². The van der Waals surface area contributed by atoms with Gasteiger partial charge >= 0.3 is 0 Å². The van der Waals surface area contributed by atoms with E-state index in [9.17, 15) is 9.90 Å². The van der Waals surface area contributed by atoms with Gasteiger partial charge in [-0.1, -0.05) is 29.8 Å². The van der Waals surface area contributed by atoms with Gasteiger partial charge in [0.25, 0.3) is 5.91 Å². The first kappa shape index (κ1) is 15.1. The fourth-order valence-corrected chi connectivity index (χ4v) is 2.97. The maximum Gasteiger partial charge on any atom is 0.258 e. The second kappa shape index (κ2) is 6.10. The van der Waals surface area contributed by atoms with E-state index in [0.29, 0.717) is 30.4 Å². The van der Waals surface area contributed by atoms with Crippen LogP contribution in [0.3, 0.4) is 0 Å². The molecule has 0 unspecified atom stereocenters. The number of nitrogens with zero attached hydrogens (tertiary/aromatic N) is 2. The van der Waals surface area contributed by atoms with Crippen molar-refractivity contribution < 1.29 is 9.90 Å². The summed E-state index contributed by atoms with van der Waals surface area (Å²) < 4.78 is 1.80. The molecule has 0 spiro atoms. The van der Waals surface area contributed by atoms with Crippen molar-refractivity contribution in [2.75, 3.05) is 5.32 Å². The summed E-state index contributed by atoms with van der Waals surface area (Å²) in [5, 5.41) is 13.7. The number of aromatic nitrogens is 2. The number of hydrogen-bond donors (Lipinski definition) is 2. The van der Waals surface area contributed by atoms with Gasteiger partial charge in [0, 0.05) is 17.4 Å². The second-order valence-electron chi connectivity index (χ2n) is 5.66. The first-order valence-corrected chi connectivity index (χ1v) is 7.75. The normalized spacial score (nSPS) is 16.6. The van der Waals surface area contributed by atoms with Crippen molar-refractivity contribution >= 4 is 23.5 Å². The predicted molar refractivity (Wildman–Crippen MR) is 84.8 cm³/mol. The van der Waals surface area contributed by atoms with Gasteiger partial charge in [-0.05, 0) is 37.3 Å². The lowest BCUT2D eigenvalue weighted by molar-refractivity contribution is -0.133. The molecule has 1 aromatic carbocycles. The third-order valence-electron chi connectivity index (χ3n) is 4.09. The Hall–Kier alpha value is -1.85. The molecular formula is C16H18ClN3O2. The largest absolute Gasteiger partial charge is 0.380 e. The van der Waals surface area contributed by atoms with Crippen molar-refractivity contribution in [3.8, 4) is 0 Å². The molecule has 3 rings (SSSR count). The van der Waals surface area contributed by atoms with Crippen LogP contribution in [-0.4, -0.2) is 26.2 Å². The topological polar surface area (TPSA) is 67.2 Å². The monoisotopic (exact) mass is 319 g/mol. The molecule has 116 valence electrons. The molecule has 0 aliphatic heterocycles. The Morgan fingerprint density at radius 1 is 1.36 bits per heavy atom. The summed E-state index contributed by atoms with van der Waals surface area (Å²) in [4.78, 5) is 16.4. The summed E-state index contributed by atoms with van der Waals surface area (Å²) >= 11 is 6.16. The maximum absolute atomic E-state index is 12.3. The van der Waals surface area contributed by atoms with Gasteiger partial charge in [-0.3, -0.25) is 10.1 Å². The summed E-state index contributed by atoms with van der Waals surface area (Å²) in [5.41, 5.74) is -0.321. The molecule has 1 saturated carbocycles. The van der Waals surface area contributed by atoms with Crippen LogP contribution in [0.5, 0.6) is 0 Å². The number of amides is 1. The summed E-state index contributed by atoms with van der Waals surface area (Å²) in [7, 11) is 0. The zero-order chi connectivity index (χ0) is 15.6. The van der Waals surface area contributed by atoms with Gasteiger partial charge in [-0.2, -0.15) is 0 Å². The number of anilines is 1. The Morgan fingerprint density at radius 3 is 2.82 bits per heavy atom. The Balaban J connectivity index is 1.75. The molecule has 0 saturated heterocycles. The summed E-state index contributed by atoms with van der Waals surface area (Å²) in [6, 6.07) is 7.54. The van der Waals surface area contributed by atoms with E-state index in [-0.39, 0.29) is 5.91 Å². The predicted octanol–water partition coefficient (Wildman–Crippen LogP) is 2.83. The number of nitrogens with one attached hydrogen (secondary N) is 1. The van der Waals surface area contributed by atoms with Crippen molar-refractivity contribution in [3.63, 3.8) is 0 Å². The maximum atomic E-state index is 12.3. The van der Waals surface area contributed by atoms with Crippen LogP contribution in [0.25, 0.3) is 0 Å². The number of hydrogen-bond acceptors (Lipinski definition) is 3. The van der Waals surface area contributed by atoms with E-state index in [4.69, 9.17) is 11.6 Å². The zero-order valence-corrected chi connectivity index (χ0v) is 12.9. The number of rotatable bonds is 4. The molecule has 6 heteroatoms. The van der Waals surface area contributed by atoms with Crippen LogP contribution in [-0.2, 0) is 11.3 Å². The van der Waals surface area contributed by atoms with E-state index in [2.05, 4.69) is 10.3 Å². The van der Waals surface area contributed by atoms with Crippen LogP contribution in [0.15, 0.2) is 36.7 Å². The van der Waals surface area contributed by atoms with Crippen molar-refractivity contribution in [1.29, 1.82) is 0 Å². The minimum atomic E-state index is -1.26. The summed E-state index contributed by atoms with van der Waals surface area (Å²) in [5.74, 6) is 0.0434. The van der Waals surface area contributed by atoms with Crippen LogP contribution in [0.2, 0.25) is 5.02 Å². The number of benzene rings is 1. The highest BCUT2D eigenvalue weighted by Gasteiger charge is 2.39. The van der Waals surface area contributed by atoms with E-state index in [1.807, 2.05) is 24.3 Å². The van der Waals surface area contributed by atoms with Crippen LogP contribution in [0, 0.1) is 0 Å². The van der Waals surface area contributed by atoms with E-state index < -0.39 is 5.60 Å². The minimum absolute atomic E-state index is 0.378. The van der Waals surface area contributed by atoms with Gasteiger partial charge in [0.05, 0.1) is 6.54 Å². The fraction of sp³-hybridized carbons (Fsp3) is 0.375. The van der Waals surface area contributed by atoms with Crippen molar-refractivity contribution in [2.24, 2.45) is 0 Å². The lowest BCUT2D eigenvalue weighted by atomic mass is 10.0. The van der Waals surface area contributed by atoms with E-state index >= 15 is 0 Å². The third kappa shape index (κ3) is 3.00. The standard InChI is InChI=1S/C16H18ClN3O2/c17-13-6-2-1-5-12(13)11-20-10-9-18-15(20)19-14(21)16(22)7-3-4-8-16/h1-2,5-6,9-10,22H,3-4,7-8,11H2,(H,18,19,21). The molecule has 5 nitrogen and oxygen atoms in total. The third-order valence-corrected chi connectivity index (χ3v) is 4.46. The molecule has 1 aliphatic carbocycles. The number of halogens is 1. The Kier molecular flexibility index (Phi) is 4.18. The Bertz CT molecular complexity index is 678. The summed E-state index contributed by atoms with van der Waals surface area (Å²) in [6.07, 6.45) is 6.15. The highest BCUT2D eigenvalue weighted by atomic mass is 35.5. The van der Waals surface area contributed by atoms with Crippen molar-refractivity contribution in [3.05, 3.63) is 47.2 Å². The lowest BCUT2D eigenvalue weighted by Gasteiger charge is -2.21. The van der Waals surface area contributed by atoms with Crippen LogP contribution in [0.4, 0.5) is 5.95 Å². The van der Waals surface area contributed by atoms with Gasteiger partial charge in [0.1, 0.15) is 5.60 Å². The highest BCUT2D eigenvalue weighted by Crippen LogP contribution is 2.30. The number of carbonyl (C=O) groups excluding carboxylic acids is 1. The van der Waals surface area contributed by atoms with Crippen LogP contribution < -0.4 is 5.32 Å². The number of carbonyl (C=O) groups is 1. The van der Waals surface area contributed by atoms with Crippen molar-refractivity contribution in [1.82, 2.24) is 9.55 Å². The van der Waals surface area contributed by atoms with Crippen LogP contribution in [0.1, 0.15) is 31.2 Å². The molecule has 0 radical (unpaired) electrons. The highest BCUT2D eigenvalue weighted by molar-refractivity contribution is 6.31. The summed E-state index contributed by atoms with van der Waals surface area (Å²) in [6.45, 7) is 0.508. The SMILES string of the molecule is O=C(Nc1nccn1Cc1ccccc1Cl)C1(O)CCCC1. The molecule has 1 aliphatic rings. The average molecular weight is 320 g/mol. The zero-order valence-electron chi connectivity index (χ0n) is 12.1. The van der Waals surface area contributed by atoms with Crippen LogP contribution >= 0.6 is 11.6 Å². The number of aliphatic hydroxyl groups is 1. The molecule has 1 amide bonds. The molecule has 0 atom stereocenters. The average Bonchev–Trinajstić information content (AvgIpc) is 3.12. The number of imidazole rings is 1. The quantitative estimate of drug-likeness (QED) is 0.910. The van der Waals surface area contributed by atoms with Gasteiger partial charge in [0.2, 0.25) is 5.95 Å². The molecule has 2 N–H and O–H groups in total. The van der Waals surface area contributed by atoms with Gasteiger partial charge < -0.3 is 9.67 Å². The first-order chi connectivity index (χ1) is 10.6. The Labute approximate surface area is 133 Å².